The van der Waals surface area contributed by atoms with Crippen LogP contribution in [-0.4, -0.2) is 26.2 Å². The summed E-state index contributed by atoms with van der Waals surface area (Å²) >= 11 is 0. The van der Waals surface area contributed by atoms with E-state index in [1.54, 1.807) is 18.3 Å². The molecule has 0 radical (unpaired) electrons. The van der Waals surface area contributed by atoms with E-state index in [0.717, 1.165) is 0 Å². The van der Waals surface area contributed by atoms with Crippen LogP contribution in [0.2, 0.25) is 0 Å². The first-order chi connectivity index (χ1) is 7.25. The normalized spacial score (nSPS) is 10.1. The van der Waals surface area contributed by atoms with Crippen LogP contribution in [0.25, 0.3) is 11.5 Å². The minimum atomic E-state index is -0.947. The van der Waals surface area contributed by atoms with Gasteiger partial charge in [0, 0.05) is 12.3 Å². The van der Waals surface area contributed by atoms with Gasteiger partial charge in [0.15, 0.2) is 5.76 Å². The number of carboxylic acid groups (broad SMARTS) is 1. The standard InChI is InChI=1S/C9H7N3O3/c13-9(14)4-6-3-8(15-12-6)7-1-2-10-5-11-7/h1-3,5H,4H2,(H,13,14). The van der Waals surface area contributed by atoms with Crippen molar-refractivity contribution < 1.29 is 14.4 Å². The largest absolute Gasteiger partial charge is 0.481 e. The van der Waals surface area contributed by atoms with Gasteiger partial charge >= 0.3 is 5.97 Å². The molecule has 0 aromatic carbocycles. The summed E-state index contributed by atoms with van der Waals surface area (Å²) in [5.41, 5.74) is 0.949. The predicted octanol–water partition coefficient (Wildman–Crippen LogP) is 0.759. The van der Waals surface area contributed by atoms with Crippen LogP contribution < -0.4 is 0 Å². The molecule has 76 valence electrons. The maximum absolute atomic E-state index is 10.4. The van der Waals surface area contributed by atoms with Crippen LogP contribution in [0.4, 0.5) is 0 Å². The fourth-order valence-electron chi connectivity index (χ4n) is 1.11. The molecule has 0 atom stereocenters. The number of nitrogens with zero attached hydrogens (tertiary/aromatic N) is 3. The molecule has 6 heteroatoms. The highest BCUT2D eigenvalue weighted by atomic mass is 16.5. The highest BCUT2D eigenvalue weighted by molar-refractivity contribution is 5.70. The molecule has 0 bridgehead atoms. The van der Waals surface area contributed by atoms with Gasteiger partial charge < -0.3 is 9.63 Å². The van der Waals surface area contributed by atoms with Crippen molar-refractivity contribution in [3.05, 3.63) is 30.4 Å². The van der Waals surface area contributed by atoms with Crippen molar-refractivity contribution in [3.8, 4) is 11.5 Å². The molecule has 1 N–H and O–H groups in total. The van der Waals surface area contributed by atoms with Crippen molar-refractivity contribution in [2.45, 2.75) is 6.42 Å². The second-order valence-electron chi connectivity index (χ2n) is 2.85. The van der Waals surface area contributed by atoms with Crippen molar-refractivity contribution in [2.24, 2.45) is 0 Å². The van der Waals surface area contributed by atoms with Crippen molar-refractivity contribution in [1.82, 2.24) is 15.1 Å². The lowest BCUT2D eigenvalue weighted by atomic mass is 10.2. The fraction of sp³-hybridized carbons (Fsp3) is 0.111. The summed E-state index contributed by atoms with van der Waals surface area (Å²) in [5, 5.41) is 12.2. The highest BCUT2D eigenvalue weighted by Gasteiger charge is 2.09. The molecule has 2 heterocycles. The lowest BCUT2D eigenvalue weighted by Crippen LogP contribution is -1.99. The smallest absolute Gasteiger partial charge is 0.309 e. The number of hydrogen-bond acceptors (Lipinski definition) is 5. The second kappa shape index (κ2) is 3.87. The minimum Gasteiger partial charge on any atom is -0.481 e. The topological polar surface area (TPSA) is 89.1 Å². The monoisotopic (exact) mass is 205 g/mol. The predicted molar refractivity (Wildman–Crippen MR) is 48.9 cm³/mol. The Hall–Kier alpha value is -2.24. The van der Waals surface area contributed by atoms with Crippen LogP contribution in [0.5, 0.6) is 0 Å². The van der Waals surface area contributed by atoms with E-state index >= 15 is 0 Å². The summed E-state index contributed by atoms with van der Waals surface area (Å²) in [6, 6.07) is 3.21. The zero-order valence-corrected chi connectivity index (χ0v) is 7.62. The van der Waals surface area contributed by atoms with Gasteiger partial charge in [-0.05, 0) is 6.07 Å². The van der Waals surface area contributed by atoms with Gasteiger partial charge in [-0.1, -0.05) is 5.16 Å². The maximum Gasteiger partial charge on any atom is 0.309 e. The second-order valence-corrected chi connectivity index (χ2v) is 2.85. The fourth-order valence-corrected chi connectivity index (χ4v) is 1.11. The van der Waals surface area contributed by atoms with Gasteiger partial charge in [-0.25, -0.2) is 9.97 Å². The average Bonchev–Trinajstić information content (AvgIpc) is 2.67. The van der Waals surface area contributed by atoms with Gasteiger partial charge in [0.05, 0.1) is 12.1 Å². The van der Waals surface area contributed by atoms with Crippen molar-refractivity contribution >= 4 is 5.97 Å². The van der Waals surface area contributed by atoms with Gasteiger partial charge in [-0.15, -0.1) is 0 Å². The number of carbonyl (C=O) groups is 1. The third-order valence-electron chi connectivity index (χ3n) is 1.73. The Kier molecular flexibility index (Phi) is 2.40. The average molecular weight is 205 g/mol. The van der Waals surface area contributed by atoms with Crippen LogP contribution in [-0.2, 0) is 11.2 Å². The molecule has 0 saturated heterocycles. The van der Waals surface area contributed by atoms with E-state index in [1.165, 1.54) is 6.33 Å². The lowest BCUT2D eigenvalue weighted by Gasteiger charge is -1.89. The van der Waals surface area contributed by atoms with E-state index < -0.39 is 5.97 Å². The first-order valence-electron chi connectivity index (χ1n) is 4.19. The van der Waals surface area contributed by atoms with E-state index in [1.807, 2.05) is 0 Å². The SMILES string of the molecule is O=C(O)Cc1cc(-c2ccncn2)on1. The molecule has 0 aliphatic rings. The van der Waals surface area contributed by atoms with Crippen LogP contribution in [0.3, 0.4) is 0 Å². The molecule has 0 fully saturated rings. The third kappa shape index (κ3) is 2.16. The van der Waals surface area contributed by atoms with Gasteiger partial charge in [0.25, 0.3) is 0 Å². The van der Waals surface area contributed by atoms with E-state index in [-0.39, 0.29) is 6.42 Å². The van der Waals surface area contributed by atoms with Gasteiger partial charge in [-0.2, -0.15) is 0 Å². The maximum atomic E-state index is 10.4. The highest BCUT2D eigenvalue weighted by Crippen LogP contribution is 2.16. The molecule has 2 aromatic rings. The van der Waals surface area contributed by atoms with E-state index in [9.17, 15) is 4.79 Å². The molecule has 0 aliphatic carbocycles. The summed E-state index contributed by atoms with van der Waals surface area (Å²) in [6.45, 7) is 0. The first-order valence-corrected chi connectivity index (χ1v) is 4.19. The molecule has 0 saturated carbocycles. The van der Waals surface area contributed by atoms with Crippen LogP contribution in [0, 0.1) is 0 Å². The molecule has 0 amide bonds. The van der Waals surface area contributed by atoms with Gasteiger partial charge in [0.2, 0.25) is 0 Å². The summed E-state index contributed by atoms with van der Waals surface area (Å²) in [4.78, 5) is 18.1. The van der Waals surface area contributed by atoms with Gasteiger partial charge in [0.1, 0.15) is 12.0 Å². The molecular formula is C9H7N3O3. The summed E-state index contributed by atoms with van der Waals surface area (Å²) in [7, 11) is 0. The zero-order chi connectivity index (χ0) is 10.7. The first kappa shape index (κ1) is 9.32. The van der Waals surface area contributed by atoms with E-state index in [4.69, 9.17) is 9.63 Å². The van der Waals surface area contributed by atoms with Gasteiger partial charge in [-0.3, -0.25) is 4.79 Å². The minimum absolute atomic E-state index is 0.158. The Morgan fingerprint density at radius 3 is 3.07 bits per heavy atom. The molecule has 2 aromatic heterocycles. The number of aromatic nitrogens is 3. The summed E-state index contributed by atoms with van der Waals surface area (Å²) in [6.07, 6.45) is 2.80. The zero-order valence-electron chi connectivity index (χ0n) is 7.62. The molecule has 0 unspecified atom stereocenters. The Morgan fingerprint density at radius 2 is 2.40 bits per heavy atom. The third-order valence-corrected chi connectivity index (χ3v) is 1.73. The molecule has 2 rings (SSSR count). The summed E-state index contributed by atoms with van der Waals surface area (Å²) in [5.74, 6) is -0.508. The van der Waals surface area contributed by atoms with Crippen LogP contribution in [0.1, 0.15) is 5.69 Å². The lowest BCUT2D eigenvalue weighted by molar-refractivity contribution is -0.136. The molecule has 6 nitrogen and oxygen atoms in total. The molecular weight excluding hydrogens is 198 g/mol. The van der Waals surface area contributed by atoms with E-state index in [0.29, 0.717) is 17.1 Å². The Bertz CT molecular complexity index is 466. The van der Waals surface area contributed by atoms with Crippen LogP contribution >= 0.6 is 0 Å². The Labute approximate surface area is 84.6 Å². The van der Waals surface area contributed by atoms with Crippen molar-refractivity contribution in [1.29, 1.82) is 0 Å². The summed E-state index contributed by atoms with van der Waals surface area (Å²) < 4.78 is 4.95. The number of carboxylic acids is 1. The number of rotatable bonds is 3. The number of hydrogen-bond donors (Lipinski definition) is 1. The Balaban J connectivity index is 2.24. The Morgan fingerprint density at radius 1 is 1.53 bits per heavy atom. The van der Waals surface area contributed by atoms with E-state index in [2.05, 4.69) is 15.1 Å². The van der Waals surface area contributed by atoms with Crippen molar-refractivity contribution in [2.75, 3.05) is 0 Å². The van der Waals surface area contributed by atoms with Crippen molar-refractivity contribution in [3.63, 3.8) is 0 Å². The number of aliphatic carboxylic acids is 1. The molecule has 15 heavy (non-hydrogen) atoms. The molecule has 0 aliphatic heterocycles. The van der Waals surface area contributed by atoms with Crippen LogP contribution in [0.15, 0.2) is 29.2 Å². The molecule has 0 spiro atoms. The quantitative estimate of drug-likeness (QED) is 0.795.